The van der Waals surface area contributed by atoms with E-state index in [1.54, 1.807) is 25.1 Å². The summed E-state index contributed by atoms with van der Waals surface area (Å²) in [4.78, 5) is 12.1. The quantitative estimate of drug-likeness (QED) is 0.546. The average molecular weight is 348 g/mol. The summed E-state index contributed by atoms with van der Waals surface area (Å²) in [6.45, 7) is 5.96. The van der Waals surface area contributed by atoms with E-state index in [1.165, 1.54) is 0 Å². The molecule has 128 valence electrons. The highest BCUT2D eigenvalue weighted by Gasteiger charge is 2.13. The highest BCUT2D eigenvalue weighted by molar-refractivity contribution is 6.33. The van der Waals surface area contributed by atoms with Gasteiger partial charge in [-0.25, -0.2) is 4.79 Å². The predicted molar refractivity (Wildman–Crippen MR) is 98.6 cm³/mol. The predicted octanol–water partition coefficient (Wildman–Crippen LogP) is 4.59. The maximum Gasteiger partial charge on any atom is 0.322 e. The van der Waals surface area contributed by atoms with Crippen LogP contribution >= 0.6 is 11.6 Å². The number of ether oxygens (including phenoxy) is 1. The number of halogens is 1. The van der Waals surface area contributed by atoms with Crippen molar-refractivity contribution in [3.63, 3.8) is 0 Å². The van der Waals surface area contributed by atoms with Crippen LogP contribution in [-0.4, -0.2) is 12.3 Å². The van der Waals surface area contributed by atoms with Crippen molar-refractivity contribution in [1.82, 2.24) is 5.32 Å². The highest BCUT2D eigenvalue weighted by atomic mass is 35.5. The fourth-order valence-corrected chi connectivity index (χ4v) is 2.42. The van der Waals surface area contributed by atoms with Gasteiger partial charge in [0.25, 0.3) is 0 Å². The number of carbonyl (C=O) groups is 1. The maximum absolute atomic E-state index is 12.1. The molecule has 0 saturated heterocycles. The van der Waals surface area contributed by atoms with Crippen molar-refractivity contribution in [2.24, 2.45) is 0 Å². The second-order valence-corrected chi connectivity index (χ2v) is 6.19. The third kappa shape index (κ3) is 4.80. The molecule has 2 aromatic rings. The molecule has 0 bridgehead atoms. The van der Waals surface area contributed by atoms with Crippen molar-refractivity contribution in [3.05, 3.63) is 53.1 Å². The smallest absolute Gasteiger partial charge is 0.322 e. The van der Waals surface area contributed by atoms with Gasteiger partial charge in [-0.2, -0.15) is 0 Å². The van der Waals surface area contributed by atoms with E-state index in [4.69, 9.17) is 22.1 Å². The number of anilines is 2. The number of hydrogen-bond acceptors (Lipinski definition) is 3. The van der Waals surface area contributed by atoms with Crippen LogP contribution in [0.15, 0.2) is 42.5 Å². The Morgan fingerprint density at radius 2 is 1.88 bits per heavy atom. The molecular weight excluding hydrogens is 326 g/mol. The van der Waals surface area contributed by atoms with Crippen LogP contribution in [0.1, 0.15) is 32.3 Å². The molecule has 0 spiro atoms. The van der Waals surface area contributed by atoms with Crippen LogP contribution in [0.2, 0.25) is 5.02 Å². The number of nitrogens with two attached hydrogens (primary N) is 1. The summed E-state index contributed by atoms with van der Waals surface area (Å²) in [7, 11) is 0. The molecule has 1 atom stereocenters. The summed E-state index contributed by atoms with van der Waals surface area (Å²) in [6.07, 6.45) is -0.492. The van der Waals surface area contributed by atoms with E-state index in [0.29, 0.717) is 22.3 Å². The zero-order valence-electron chi connectivity index (χ0n) is 14.0. The summed E-state index contributed by atoms with van der Waals surface area (Å²) in [5, 5.41) is 5.82. The van der Waals surface area contributed by atoms with E-state index in [1.807, 2.05) is 24.3 Å². The van der Waals surface area contributed by atoms with E-state index in [0.717, 1.165) is 11.3 Å². The Kier molecular flexibility index (Phi) is 5.93. The van der Waals surface area contributed by atoms with Gasteiger partial charge >= 0.3 is 6.03 Å². The minimum atomic E-state index is -0.492. The van der Waals surface area contributed by atoms with Crippen LogP contribution in [0.4, 0.5) is 16.2 Å². The maximum atomic E-state index is 12.1. The zero-order valence-corrected chi connectivity index (χ0v) is 14.7. The van der Waals surface area contributed by atoms with Crippen LogP contribution in [-0.2, 0) is 0 Å². The van der Waals surface area contributed by atoms with Crippen molar-refractivity contribution < 1.29 is 9.53 Å². The number of nitrogen functional groups attached to an aromatic ring is 1. The topological polar surface area (TPSA) is 76.4 Å². The summed E-state index contributed by atoms with van der Waals surface area (Å²) in [5.41, 5.74) is 7.76. The van der Waals surface area contributed by atoms with Gasteiger partial charge < -0.3 is 21.1 Å². The number of carbonyl (C=O) groups excluding carboxylic acids is 1. The van der Waals surface area contributed by atoms with Crippen molar-refractivity contribution >= 4 is 29.0 Å². The number of hydrogen-bond donors (Lipinski definition) is 3. The Balaban J connectivity index is 1.95. The first-order valence-corrected chi connectivity index (χ1v) is 8.12. The molecule has 0 aromatic heterocycles. The van der Waals surface area contributed by atoms with Crippen molar-refractivity contribution in [3.8, 4) is 5.75 Å². The number of rotatable bonds is 5. The lowest BCUT2D eigenvalue weighted by atomic mass is 10.0. The Morgan fingerprint density at radius 3 is 2.54 bits per heavy atom. The Morgan fingerprint density at radius 1 is 1.17 bits per heavy atom. The third-order valence-electron chi connectivity index (χ3n) is 3.44. The monoisotopic (exact) mass is 347 g/mol. The Bertz CT molecular complexity index is 719. The van der Waals surface area contributed by atoms with Gasteiger partial charge in [0.2, 0.25) is 0 Å². The van der Waals surface area contributed by atoms with Gasteiger partial charge in [-0.1, -0.05) is 43.6 Å². The highest BCUT2D eigenvalue weighted by Crippen LogP contribution is 2.26. The first-order valence-electron chi connectivity index (χ1n) is 7.75. The van der Waals surface area contributed by atoms with Gasteiger partial charge in [-0.15, -0.1) is 0 Å². The molecule has 0 saturated carbocycles. The number of benzene rings is 2. The van der Waals surface area contributed by atoms with Gasteiger partial charge in [0.1, 0.15) is 5.75 Å². The summed E-state index contributed by atoms with van der Waals surface area (Å²) in [6, 6.07) is 12.3. The normalized spacial score (nSPS) is 11.9. The molecule has 24 heavy (non-hydrogen) atoms. The molecule has 0 fully saturated rings. The SMILES string of the molecule is CC(NC(=O)Nc1ccc(N)c(Cl)c1)Oc1ccccc1C(C)C. The second-order valence-electron chi connectivity index (χ2n) is 5.79. The Hall–Kier alpha value is -2.40. The van der Waals surface area contributed by atoms with E-state index >= 15 is 0 Å². The molecule has 2 aromatic carbocycles. The van der Waals surface area contributed by atoms with Crippen molar-refractivity contribution in [2.45, 2.75) is 32.9 Å². The van der Waals surface area contributed by atoms with Gasteiger partial charge in [0, 0.05) is 5.69 Å². The van der Waals surface area contributed by atoms with Gasteiger partial charge in [0.15, 0.2) is 6.23 Å². The molecule has 5 nitrogen and oxygen atoms in total. The molecule has 6 heteroatoms. The summed E-state index contributed by atoms with van der Waals surface area (Å²) in [5.74, 6) is 1.09. The molecule has 0 aliphatic carbocycles. The van der Waals surface area contributed by atoms with Crippen molar-refractivity contribution in [1.29, 1.82) is 0 Å². The molecule has 0 aliphatic rings. The summed E-state index contributed by atoms with van der Waals surface area (Å²) < 4.78 is 5.84. The molecule has 0 heterocycles. The number of para-hydroxylation sites is 1. The first kappa shape index (κ1) is 17.9. The standard InChI is InChI=1S/C18H22ClN3O2/c1-11(2)14-6-4-5-7-17(14)24-12(3)21-18(23)22-13-8-9-16(20)15(19)10-13/h4-12H,20H2,1-3H3,(H2,21,22,23). The van der Waals surface area contributed by atoms with E-state index < -0.39 is 6.23 Å². The third-order valence-corrected chi connectivity index (χ3v) is 3.76. The molecule has 1 unspecified atom stereocenters. The molecule has 0 radical (unpaired) electrons. The molecule has 2 rings (SSSR count). The van der Waals surface area contributed by atoms with E-state index in [2.05, 4.69) is 24.5 Å². The minimum Gasteiger partial charge on any atom is -0.471 e. The second kappa shape index (κ2) is 7.93. The lowest BCUT2D eigenvalue weighted by molar-refractivity contribution is 0.181. The lowest BCUT2D eigenvalue weighted by Gasteiger charge is -2.20. The van der Waals surface area contributed by atoms with Crippen molar-refractivity contribution in [2.75, 3.05) is 11.1 Å². The lowest BCUT2D eigenvalue weighted by Crippen LogP contribution is -2.39. The van der Waals surface area contributed by atoms with Gasteiger partial charge in [-0.05, 0) is 42.7 Å². The summed E-state index contributed by atoms with van der Waals surface area (Å²) >= 11 is 5.94. The zero-order chi connectivity index (χ0) is 17.7. The van der Waals surface area contributed by atoms with Crippen LogP contribution < -0.4 is 21.1 Å². The van der Waals surface area contributed by atoms with E-state index in [-0.39, 0.29) is 6.03 Å². The van der Waals surface area contributed by atoms with Crippen LogP contribution in [0.25, 0.3) is 0 Å². The number of amides is 2. The number of nitrogens with one attached hydrogen (secondary N) is 2. The van der Waals surface area contributed by atoms with Crippen LogP contribution in [0.3, 0.4) is 0 Å². The van der Waals surface area contributed by atoms with Crippen LogP contribution in [0.5, 0.6) is 5.75 Å². The molecular formula is C18H22ClN3O2. The van der Waals surface area contributed by atoms with Gasteiger partial charge in [0.05, 0.1) is 10.7 Å². The first-order chi connectivity index (χ1) is 11.4. The fourth-order valence-electron chi connectivity index (χ4n) is 2.24. The van der Waals surface area contributed by atoms with Gasteiger partial charge in [-0.3, -0.25) is 0 Å². The average Bonchev–Trinajstić information content (AvgIpc) is 2.51. The van der Waals surface area contributed by atoms with Crippen LogP contribution in [0, 0.1) is 0 Å². The fraction of sp³-hybridized carbons (Fsp3) is 0.278. The van der Waals surface area contributed by atoms with E-state index in [9.17, 15) is 4.79 Å². The molecule has 2 amide bonds. The molecule has 0 aliphatic heterocycles. The minimum absolute atomic E-state index is 0.333. The number of urea groups is 1. The molecule has 4 N–H and O–H groups in total. The largest absolute Gasteiger partial charge is 0.471 e. The Labute approximate surface area is 147 Å².